The second-order valence-corrected chi connectivity index (χ2v) is 4.01. The van der Waals surface area contributed by atoms with Crippen LogP contribution in [0.3, 0.4) is 0 Å². The summed E-state index contributed by atoms with van der Waals surface area (Å²) >= 11 is 0. The number of carbonyl (C=O) groups is 1. The molecule has 2 aromatic carbocycles. The molecule has 0 N–H and O–H groups in total. The summed E-state index contributed by atoms with van der Waals surface area (Å²) in [5.41, 5.74) is 0.571. The maximum absolute atomic E-state index is 11.8. The third-order valence-electron chi connectivity index (χ3n) is 2.64. The van der Waals surface area contributed by atoms with Crippen molar-refractivity contribution in [1.29, 1.82) is 0 Å². The van der Waals surface area contributed by atoms with Gasteiger partial charge in [-0.2, -0.15) is 0 Å². The number of benzene rings is 1. The van der Waals surface area contributed by atoms with Crippen molar-refractivity contribution in [2.24, 2.45) is 0 Å². The molecular formula is C15H12NNaO3. The number of hydrogen-bond donors (Lipinski definition) is 0. The van der Waals surface area contributed by atoms with Crippen molar-refractivity contribution < 1.29 is 39.5 Å². The van der Waals surface area contributed by atoms with Gasteiger partial charge in [-0.05, 0) is 30.3 Å². The van der Waals surface area contributed by atoms with E-state index in [1.54, 1.807) is 12.1 Å². The number of anilines is 2. The van der Waals surface area contributed by atoms with Crippen molar-refractivity contribution in [2.75, 3.05) is 4.90 Å². The summed E-state index contributed by atoms with van der Waals surface area (Å²) in [7, 11) is 0. The average Bonchev–Trinajstić information content (AvgIpc) is 2.56. The molecule has 0 aliphatic carbocycles. The zero-order valence-corrected chi connectivity index (χ0v) is 13.4. The van der Waals surface area contributed by atoms with E-state index in [1.165, 1.54) is 36.1 Å². The van der Waals surface area contributed by atoms with E-state index in [0.717, 1.165) is 0 Å². The molecule has 0 unspecified atom stereocenters. The van der Waals surface area contributed by atoms with Gasteiger partial charge in [-0.1, -0.05) is 30.0 Å². The van der Waals surface area contributed by atoms with E-state index < -0.39 is 11.2 Å². The normalized spacial score (nSPS) is 9.45. The number of carbonyl (C=O) groups excluding carboxylic acids is 1. The van der Waals surface area contributed by atoms with Crippen LogP contribution in [0, 0.1) is 0 Å². The standard InChI is InChI=1S/C15H13NO3.Na/c1-11(17)16(12-5-3-2-4-6-12)13-7-9-14(18)15(19)10-8-13;/h2-10H,1H3,(H,18,19);/q;+1/p-1. The summed E-state index contributed by atoms with van der Waals surface area (Å²) in [5, 5.41) is 11.3. The fraction of sp³-hybridized carbons (Fsp3) is 0.0667. The van der Waals surface area contributed by atoms with Crippen molar-refractivity contribution in [3.05, 3.63) is 64.8 Å². The molecule has 0 bridgehead atoms. The Bertz CT molecular complexity index is 659. The molecule has 2 rings (SSSR count). The van der Waals surface area contributed by atoms with Crippen LogP contribution in [0.5, 0.6) is 5.75 Å². The van der Waals surface area contributed by atoms with Crippen LogP contribution in [0.1, 0.15) is 6.92 Å². The molecule has 0 fully saturated rings. The monoisotopic (exact) mass is 277 g/mol. The van der Waals surface area contributed by atoms with Crippen molar-refractivity contribution in [1.82, 2.24) is 0 Å². The first-order valence-electron chi connectivity index (χ1n) is 5.77. The van der Waals surface area contributed by atoms with E-state index in [0.29, 0.717) is 11.4 Å². The van der Waals surface area contributed by atoms with Crippen LogP contribution >= 0.6 is 0 Å². The SMILES string of the molecule is CC(=O)N(c1ccccc1)c1ccc([O-])c(=O)cc1.[Na+]. The third kappa shape index (κ3) is 3.70. The molecule has 96 valence electrons. The average molecular weight is 277 g/mol. The molecule has 0 heterocycles. The first-order valence-corrected chi connectivity index (χ1v) is 5.77. The summed E-state index contributed by atoms with van der Waals surface area (Å²) < 4.78 is 0. The summed E-state index contributed by atoms with van der Waals surface area (Å²) in [4.78, 5) is 24.5. The van der Waals surface area contributed by atoms with Crippen molar-refractivity contribution in [3.63, 3.8) is 0 Å². The Morgan fingerprint density at radius 3 is 2.10 bits per heavy atom. The molecule has 4 nitrogen and oxygen atoms in total. The number of nitrogens with zero attached hydrogens (tertiary/aromatic N) is 1. The Kier molecular flexibility index (Phi) is 5.95. The molecule has 20 heavy (non-hydrogen) atoms. The Balaban J connectivity index is 0.00000200. The van der Waals surface area contributed by atoms with E-state index in [4.69, 9.17) is 0 Å². The van der Waals surface area contributed by atoms with E-state index in [2.05, 4.69) is 0 Å². The van der Waals surface area contributed by atoms with Gasteiger partial charge in [0.05, 0.1) is 0 Å². The van der Waals surface area contributed by atoms with Gasteiger partial charge >= 0.3 is 29.6 Å². The zero-order chi connectivity index (χ0) is 13.8. The second-order valence-electron chi connectivity index (χ2n) is 4.01. The maximum Gasteiger partial charge on any atom is 1.00 e. The fourth-order valence-electron chi connectivity index (χ4n) is 1.78. The third-order valence-corrected chi connectivity index (χ3v) is 2.64. The number of amides is 1. The maximum atomic E-state index is 11.8. The summed E-state index contributed by atoms with van der Waals surface area (Å²) in [6.45, 7) is 1.43. The molecule has 0 aliphatic heterocycles. The predicted molar refractivity (Wildman–Crippen MR) is 71.4 cm³/mol. The van der Waals surface area contributed by atoms with Gasteiger partial charge in [0, 0.05) is 18.3 Å². The molecule has 0 atom stereocenters. The van der Waals surface area contributed by atoms with E-state index in [-0.39, 0.29) is 35.5 Å². The Hall–Kier alpha value is -1.62. The van der Waals surface area contributed by atoms with Crippen LogP contribution in [-0.4, -0.2) is 5.91 Å². The Labute approximate surface area is 139 Å². The van der Waals surface area contributed by atoms with Gasteiger partial charge in [-0.25, -0.2) is 0 Å². The van der Waals surface area contributed by atoms with Gasteiger partial charge in [0.2, 0.25) is 5.91 Å². The van der Waals surface area contributed by atoms with Crippen LogP contribution in [0.25, 0.3) is 0 Å². The fourth-order valence-corrected chi connectivity index (χ4v) is 1.78. The molecule has 0 spiro atoms. The largest absolute Gasteiger partial charge is 1.00 e. The van der Waals surface area contributed by atoms with Gasteiger partial charge in [0.25, 0.3) is 0 Å². The first-order chi connectivity index (χ1) is 9.09. The van der Waals surface area contributed by atoms with Crippen LogP contribution in [0.2, 0.25) is 0 Å². The van der Waals surface area contributed by atoms with Crippen molar-refractivity contribution in [2.45, 2.75) is 6.92 Å². The van der Waals surface area contributed by atoms with Gasteiger partial charge < -0.3 is 5.11 Å². The van der Waals surface area contributed by atoms with E-state index in [1.807, 2.05) is 18.2 Å². The molecule has 0 aromatic heterocycles. The van der Waals surface area contributed by atoms with Crippen molar-refractivity contribution >= 4 is 17.3 Å². The topological polar surface area (TPSA) is 60.4 Å². The molecule has 5 heteroatoms. The van der Waals surface area contributed by atoms with Gasteiger partial charge in [0.15, 0.2) is 5.43 Å². The smallest absolute Gasteiger partial charge is 0.870 e. The molecule has 0 radical (unpaired) electrons. The minimum absolute atomic E-state index is 0. The zero-order valence-electron chi connectivity index (χ0n) is 11.4. The summed E-state index contributed by atoms with van der Waals surface area (Å²) in [6.07, 6.45) is 0. The van der Waals surface area contributed by atoms with Gasteiger partial charge in [0.1, 0.15) is 0 Å². The molecule has 0 aliphatic rings. The first kappa shape index (κ1) is 16.4. The number of hydrogen-bond acceptors (Lipinski definition) is 3. The molecule has 0 saturated carbocycles. The quantitative estimate of drug-likeness (QED) is 0.649. The number of rotatable bonds is 2. The Morgan fingerprint density at radius 2 is 1.50 bits per heavy atom. The summed E-state index contributed by atoms with van der Waals surface area (Å²) in [6, 6.07) is 14.3. The molecule has 1 amide bonds. The molecular weight excluding hydrogens is 265 g/mol. The second kappa shape index (κ2) is 7.24. The van der Waals surface area contributed by atoms with Gasteiger partial charge in [-0.15, -0.1) is 0 Å². The van der Waals surface area contributed by atoms with Crippen LogP contribution in [-0.2, 0) is 4.79 Å². The number of para-hydroxylation sites is 1. The van der Waals surface area contributed by atoms with Crippen LogP contribution in [0.15, 0.2) is 59.4 Å². The van der Waals surface area contributed by atoms with Crippen LogP contribution < -0.4 is 45.0 Å². The minimum Gasteiger partial charge on any atom is -0.870 e. The molecule has 0 saturated heterocycles. The van der Waals surface area contributed by atoms with E-state index >= 15 is 0 Å². The minimum atomic E-state index is -0.595. The predicted octanol–water partition coefficient (Wildman–Crippen LogP) is -1.19. The Morgan fingerprint density at radius 1 is 0.950 bits per heavy atom. The van der Waals surface area contributed by atoms with Crippen LogP contribution in [0.4, 0.5) is 11.4 Å². The summed E-state index contributed by atoms with van der Waals surface area (Å²) in [5.74, 6) is -0.792. The van der Waals surface area contributed by atoms with Gasteiger partial charge in [-0.3, -0.25) is 14.5 Å². The van der Waals surface area contributed by atoms with Crippen molar-refractivity contribution in [3.8, 4) is 5.75 Å². The van der Waals surface area contributed by atoms with E-state index in [9.17, 15) is 14.7 Å². The molecule has 2 aromatic rings.